The number of hydrogen-bond donors (Lipinski definition) is 2. The van der Waals surface area contributed by atoms with Crippen molar-refractivity contribution in [3.05, 3.63) is 39.8 Å². The average molecular weight is 278 g/mol. The van der Waals surface area contributed by atoms with Crippen LogP contribution in [0.5, 0.6) is 0 Å². The summed E-state index contributed by atoms with van der Waals surface area (Å²) in [5.41, 5.74) is 1.47. The monoisotopic (exact) mass is 278 g/mol. The van der Waals surface area contributed by atoms with Crippen molar-refractivity contribution in [1.82, 2.24) is 4.98 Å². The number of H-pyrrole nitrogens is 1. The fraction of sp³-hybridized carbons (Fsp3) is 0.231. The molecule has 6 heteroatoms. The van der Waals surface area contributed by atoms with Gasteiger partial charge in [0.25, 0.3) is 5.91 Å². The lowest BCUT2D eigenvalue weighted by atomic mass is 10.2. The normalized spacial score (nSPS) is 10.2. The van der Waals surface area contributed by atoms with Crippen LogP contribution >= 0.6 is 11.3 Å². The Morgan fingerprint density at radius 1 is 1.47 bits per heavy atom. The number of carbonyl (C=O) groups is 2. The van der Waals surface area contributed by atoms with Crippen molar-refractivity contribution in [3.8, 4) is 0 Å². The lowest BCUT2D eigenvalue weighted by molar-refractivity contribution is 0.0527. The van der Waals surface area contributed by atoms with Crippen LogP contribution < -0.4 is 5.32 Å². The van der Waals surface area contributed by atoms with Gasteiger partial charge in [-0.25, -0.2) is 4.79 Å². The fourth-order valence-electron chi connectivity index (χ4n) is 1.68. The molecule has 100 valence electrons. The first-order valence-corrected chi connectivity index (χ1v) is 6.71. The lowest BCUT2D eigenvalue weighted by Crippen LogP contribution is -2.14. The van der Waals surface area contributed by atoms with E-state index >= 15 is 0 Å². The molecule has 1 amide bonds. The van der Waals surface area contributed by atoms with Crippen LogP contribution in [0, 0.1) is 6.92 Å². The Morgan fingerprint density at radius 2 is 2.26 bits per heavy atom. The Hall–Kier alpha value is -2.08. The molecule has 2 rings (SSSR count). The summed E-state index contributed by atoms with van der Waals surface area (Å²) in [5, 5.41) is 4.54. The van der Waals surface area contributed by atoms with Gasteiger partial charge in [-0.3, -0.25) is 4.79 Å². The number of aromatic nitrogens is 1. The van der Waals surface area contributed by atoms with Gasteiger partial charge in [-0.05, 0) is 25.3 Å². The van der Waals surface area contributed by atoms with Crippen LogP contribution in [0.4, 0.5) is 5.69 Å². The minimum absolute atomic E-state index is 0.237. The molecule has 2 aromatic rings. The Bertz CT molecular complexity index is 587. The van der Waals surface area contributed by atoms with Crippen LogP contribution in [-0.2, 0) is 4.74 Å². The van der Waals surface area contributed by atoms with Gasteiger partial charge in [-0.15, -0.1) is 11.3 Å². The summed E-state index contributed by atoms with van der Waals surface area (Å²) in [6.07, 6.45) is 1.59. The van der Waals surface area contributed by atoms with Gasteiger partial charge in [0.1, 0.15) is 5.56 Å². The summed E-state index contributed by atoms with van der Waals surface area (Å²) in [5.74, 6) is -0.678. The largest absolute Gasteiger partial charge is 0.462 e. The van der Waals surface area contributed by atoms with E-state index in [1.807, 2.05) is 5.38 Å². The maximum absolute atomic E-state index is 12.0. The third kappa shape index (κ3) is 2.85. The molecule has 0 saturated carbocycles. The molecule has 0 bridgehead atoms. The van der Waals surface area contributed by atoms with Gasteiger partial charge >= 0.3 is 5.97 Å². The van der Waals surface area contributed by atoms with Crippen molar-refractivity contribution >= 4 is 28.9 Å². The van der Waals surface area contributed by atoms with Crippen LogP contribution in [-0.4, -0.2) is 23.5 Å². The predicted octanol–water partition coefficient (Wildman–Crippen LogP) is 2.81. The van der Waals surface area contributed by atoms with Crippen LogP contribution in [0.2, 0.25) is 0 Å². The second-order valence-corrected chi connectivity index (χ2v) is 4.80. The molecule has 2 heterocycles. The molecule has 0 aliphatic carbocycles. The molecule has 0 fully saturated rings. The quantitative estimate of drug-likeness (QED) is 0.845. The van der Waals surface area contributed by atoms with Crippen LogP contribution in [0.1, 0.15) is 32.6 Å². The van der Waals surface area contributed by atoms with Crippen molar-refractivity contribution < 1.29 is 14.3 Å². The molecule has 2 aromatic heterocycles. The first-order chi connectivity index (χ1) is 9.13. The van der Waals surface area contributed by atoms with Crippen LogP contribution in [0.15, 0.2) is 23.7 Å². The summed E-state index contributed by atoms with van der Waals surface area (Å²) < 4.78 is 4.97. The Balaban J connectivity index is 2.21. The topological polar surface area (TPSA) is 71.2 Å². The minimum atomic E-state index is -0.442. The summed E-state index contributed by atoms with van der Waals surface area (Å²) >= 11 is 1.34. The molecule has 2 N–H and O–H groups in total. The van der Waals surface area contributed by atoms with E-state index in [0.717, 1.165) is 0 Å². The highest BCUT2D eigenvalue weighted by molar-refractivity contribution is 7.12. The highest BCUT2D eigenvalue weighted by Crippen LogP contribution is 2.21. The third-order valence-corrected chi connectivity index (χ3v) is 3.42. The molecular formula is C13H14N2O3S. The van der Waals surface area contributed by atoms with Gasteiger partial charge < -0.3 is 15.0 Å². The summed E-state index contributed by atoms with van der Waals surface area (Å²) in [7, 11) is 0. The van der Waals surface area contributed by atoms with Crippen molar-refractivity contribution in [2.75, 3.05) is 11.9 Å². The van der Waals surface area contributed by atoms with E-state index in [4.69, 9.17) is 4.74 Å². The number of carbonyl (C=O) groups excluding carboxylic acids is 2. The number of esters is 1. The van der Waals surface area contributed by atoms with Crippen LogP contribution in [0.25, 0.3) is 0 Å². The smallest absolute Gasteiger partial charge is 0.342 e. The molecule has 0 aromatic carbocycles. The zero-order valence-corrected chi connectivity index (χ0v) is 11.5. The minimum Gasteiger partial charge on any atom is -0.462 e. The highest BCUT2D eigenvalue weighted by atomic mass is 32.1. The molecule has 0 radical (unpaired) electrons. The molecule has 0 atom stereocenters. The number of amides is 1. The second kappa shape index (κ2) is 5.71. The number of rotatable bonds is 4. The third-order valence-electron chi connectivity index (χ3n) is 2.55. The zero-order valence-electron chi connectivity index (χ0n) is 10.6. The number of ether oxygens (including phenoxy) is 1. The second-order valence-electron chi connectivity index (χ2n) is 3.85. The van der Waals surface area contributed by atoms with E-state index in [-0.39, 0.29) is 5.91 Å². The molecule has 19 heavy (non-hydrogen) atoms. The number of nitrogens with one attached hydrogen (secondary N) is 2. The fourth-order valence-corrected chi connectivity index (χ4v) is 2.30. The van der Waals surface area contributed by atoms with E-state index in [1.54, 1.807) is 32.2 Å². The Labute approximate surface area is 114 Å². The van der Waals surface area contributed by atoms with Gasteiger partial charge in [0.15, 0.2) is 0 Å². The van der Waals surface area contributed by atoms with E-state index in [2.05, 4.69) is 10.3 Å². The number of thiophene rings is 1. The average Bonchev–Trinajstić information content (AvgIpc) is 2.99. The standard InChI is InChI=1S/C13H14N2O3S/c1-3-18-13(17)11-8(2)14-7-9(11)15-12(16)10-5-4-6-19-10/h4-7,14H,3H2,1-2H3,(H,15,16). The zero-order chi connectivity index (χ0) is 13.8. The van der Waals surface area contributed by atoms with E-state index in [0.29, 0.717) is 28.4 Å². The molecule has 5 nitrogen and oxygen atoms in total. The van der Waals surface area contributed by atoms with Gasteiger partial charge in [-0.2, -0.15) is 0 Å². The summed E-state index contributed by atoms with van der Waals surface area (Å²) in [6.45, 7) is 3.79. The van der Waals surface area contributed by atoms with Gasteiger partial charge in [0.2, 0.25) is 0 Å². The van der Waals surface area contributed by atoms with Crippen molar-refractivity contribution in [3.63, 3.8) is 0 Å². The SMILES string of the molecule is CCOC(=O)c1c(NC(=O)c2cccs2)c[nH]c1C. The predicted molar refractivity (Wildman–Crippen MR) is 73.8 cm³/mol. The van der Waals surface area contributed by atoms with E-state index in [9.17, 15) is 9.59 Å². The maximum Gasteiger partial charge on any atom is 0.342 e. The van der Waals surface area contributed by atoms with Crippen molar-refractivity contribution in [1.29, 1.82) is 0 Å². The van der Waals surface area contributed by atoms with Crippen molar-refractivity contribution in [2.24, 2.45) is 0 Å². The molecule has 0 unspecified atom stereocenters. The molecule has 0 aliphatic heterocycles. The first kappa shape index (κ1) is 13.4. The van der Waals surface area contributed by atoms with Crippen LogP contribution in [0.3, 0.4) is 0 Å². The molecule has 0 saturated heterocycles. The molecule has 0 aliphatic rings. The Kier molecular flexibility index (Phi) is 4.01. The Morgan fingerprint density at radius 3 is 2.89 bits per heavy atom. The van der Waals surface area contributed by atoms with E-state index in [1.165, 1.54) is 11.3 Å². The van der Waals surface area contributed by atoms with Crippen molar-refractivity contribution in [2.45, 2.75) is 13.8 Å². The van der Waals surface area contributed by atoms with E-state index < -0.39 is 5.97 Å². The molecule has 0 spiro atoms. The lowest BCUT2D eigenvalue weighted by Gasteiger charge is -2.06. The number of anilines is 1. The molecular weight excluding hydrogens is 264 g/mol. The first-order valence-electron chi connectivity index (χ1n) is 5.83. The summed E-state index contributed by atoms with van der Waals surface area (Å²) in [4.78, 5) is 27.3. The number of aryl methyl sites for hydroxylation is 1. The number of aromatic amines is 1. The van der Waals surface area contributed by atoms with Gasteiger partial charge in [0.05, 0.1) is 17.2 Å². The number of hydrogen-bond acceptors (Lipinski definition) is 4. The highest BCUT2D eigenvalue weighted by Gasteiger charge is 2.19. The van der Waals surface area contributed by atoms with Gasteiger partial charge in [0, 0.05) is 11.9 Å². The summed E-state index contributed by atoms with van der Waals surface area (Å²) in [6, 6.07) is 3.53. The maximum atomic E-state index is 12.0. The van der Waals surface area contributed by atoms with Gasteiger partial charge in [-0.1, -0.05) is 6.07 Å².